The van der Waals surface area contributed by atoms with Gasteiger partial charge in [-0.15, -0.1) is 5.10 Å². The molecule has 0 aliphatic carbocycles. The number of hydrogen-bond acceptors (Lipinski definition) is 5. The Balaban J connectivity index is 1.51. The zero-order valence-electron chi connectivity index (χ0n) is 15.3. The van der Waals surface area contributed by atoms with E-state index >= 15 is 0 Å². The molecule has 0 amide bonds. The molecule has 0 aliphatic heterocycles. The van der Waals surface area contributed by atoms with E-state index in [-0.39, 0.29) is 5.56 Å². The minimum Gasteiger partial charge on any atom is -0.457 e. The molecule has 5 rings (SSSR count). The van der Waals surface area contributed by atoms with Gasteiger partial charge in [0.2, 0.25) is 4.96 Å². The van der Waals surface area contributed by atoms with Crippen LogP contribution in [0.2, 0.25) is 0 Å². The number of fused-ring (bicyclic) bond motifs is 1. The lowest BCUT2D eigenvalue weighted by molar-refractivity contribution is 0.571. The standard InChI is InChI=1S/C22H14BrN3O2S/c1-13-2-4-15(5-3-13)20-24-22-26(25-20)21(27)19(29-22)12-17-10-11-18(28-17)14-6-8-16(23)9-7-14/h2-12H,1H3/b19-12+. The minimum absolute atomic E-state index is 0.197. The zero-order valence-corrected chi connectivity index (χ0v) is 17.7. The molecule has 7 heteroatoms. The summed E-state index contributed by atoms with van der Waals surface area (Å²) in [6.45, 7) is 2.03. The smallest absolute Gasteiger partial charge is 0.291 e. The average molecular weight is 464 g/mol. The quantitative estimate of drug-likeness (QED) is 0.389. The van der Waals surface area contributed by atoms with Crippen LogP contribution < -0.4 is 10.1 Å². The molecule has 3 heterocycles. The first-order valence-electron chi connectivity index (χ1n) is 8.91. The van der Waals surface area contributed by atoms with Gasteiger partial charge < -0.3 is 4.42 Å². The van der Waals surface area contributed by atoms with Crippen molar-refractivity contribution in [2.24, 2.45) is 0 Å². The number of aromatic nitrogens is 3. The number of furan rings is 1. The van der Waals surface area contributed by atoms with Gasteiger partial charge in [0.15, 0.2) is 5.82 Å². The maximum absolute atomic E-state index is 12.7. The van der Waals surface area contributed by atoms with Gasteiger partial charge in [-0.3, -0.25) is 4.79 Å². The van der Waals surface area contributed by atoms with E-state index in [2.05, 4.69) is 26.0 Å². The van der Waals surface area contributed by atoms with Crippen LogP contribution in [0.4, 0.5) is 0 Å². The monoisotopic (exact) mass is 463 g/mol. The van der Waals surface area contributed by atoms with Crippen molar-refractivity contribution >= 4 is 38.3 Å². The SMILES string of the molecule is Cc1ccc(-c2nc3s/c(=C/c4ccc(-c5ccc(Br)cc5)o4)c(=O)n3n2)cc1. The Kier molecular flexibility index (Phi) is 4.41. The van der Waals surface area contributed by atoms with Crippen LogP contribution in [0.25, 0.3) is 33.7 Å². The molecule has 0 radical (unpaired) electrons. The Morgan fingerprint density at radius 3 is 2.45 bits per heavy atom. The summed E-state index contributed by atoms with van der Waals surface area (Å²) in [5, 5.41) is 4.38. The number of nitrogens with zero attached hydrogens (tertiary/aromatic N) is 3. The number of benzene rings is 2. The average Bonchev–Trinajstić information content (AvgIpc) is 3.41. The minimum atomic E-state index is -0.197. The fourth-order valence-electron chi connectivity index (χ4n) is 2.99. The van der Waals surface area contributed by atoms with Crippen LogP contribution in [0.1, 0.15) is 11.3 Å². The third-order valence-electron chi connectivity index (χ3n) is 4.52. The van der Waals surface area contributed by atoms with E-state index in [1.54, 1.807) is 6.08 Å². The van der Waals surface area contributed by atoms with Crippen LogP contribution in [-0.2, 0) is 0 Å². The fourth-order valence-corrected chi connectivity index (χ4v) is 4.14. The number of hydrogen-bond donors (Lipinski definition) is 0. The molecule has 0 N–H and O–H groups in total. The van der Waals surface area contributed by atoms with Crippen molar-refractivity contribution < 1.29 is 4.42 Å². The summed E-state index contributed by atoms with van der Waals surface area (Å²) in [5.74, 6) is 1.91. The molecule has 0 aliphatic rings. The highest BCUT2D eigenvalue weighted by atomic mass is 79.9. The molecule has 0 bridgehead atoms. The van der Waals surface area contributed by atoms with Crippen molar-refractivity contribution in [2.75, 3.05) is 0 Å². The van der Waals surface area contributed by atoms with Gasteiger partial charge in [0.1, 0.15) is 16.1 Å². The summed E-state index contributed by atoms with van der Waals surface area (Å²) >= 11 is 4.73. The second-order valence-electron chi connectivity index (χ2n) is 6.62. The molecular weight excluding hydrogens is 450 g/mol. The molecule has 0 unspecified atom stereocenters. The van der Waals surface area contributed by atoms with Crippen LogP contribution in [0.15, 0.2) is 74.3 Å². The molecule has 3 aromatic heterocycles. The summed E-state index contributed by atoms with van der Waals surface area (Å²) in [6, 6.07) is 19.5. The Morgan fingerprint density at radius 2 is 1.72 bits per heavy atom. The molecule has 2 aromatic carbocycles. The molecular formula is C22H14BrN3O2S. The van der Waals surface area contributed by atoms with E-state index in [9.17, 15) is 4.79 Å². The van der Waals surface area contributed by atoms with E-state index in [1.165, 1.54) is 15.9 Å². The fraction of sp³-hybridized carbons (Fsp3) is 0.0455. The largest absolute Gasteiger partial charge is 0.457 e. The van der Waals surface area contributed by atoms with E-state index in [0.29, 0.717) is 21.1 Å². The molecule has 29 heavy (non-hydrogen) atoms. The van der Waals surface area contributed by atoms with Crippen LogP contribution in [0.3, 0.4) is 0 Å². The van der Waals surface area contributed by atoms with Crippen LogP contribution in [0.5, 0.6) is 0 Å². The summed E-state index contributed by atoms with van der Waals surface area (Å²) in [4.78, 5) is 17.8. The molecule has 0 spiro atoms. The van der Waals surface area contributed by atoms with Crippen molar-refractivity contribution in [3.63, 3.8) is 0 Å². The second-order valence-corrected chi connectivity index (χ2v) is 8.55. The summed E-state index contributed by atoms with van der Waals surface area (Å²) in [7, 11) is 0. The highest BCUT2D eigenvalue weighted by Gasteiger charge is 2.12. The Bertz CT molecular complexity index is 1430. The Hall–Kier alpha value is -3.03. The van der Waals surface area contributed by atoms with Crippen molar-refractivity contribution in [3.8, 4) is 22.7 Å². The van der Waals surface area contributed by atoms with E-state index in [0.717, 1.165) is 26.9 Å². The summed E-state index contributed by atoms with van der Waals surface area (Å²) < 4.78 is 8.79. The third-order valence-corrected chi connectivity index (χ3v) is 6.01. The van der Waals surface area contributed by atoms with Crippen molar-refractivity contribution in [1.82, 2.24) is 14.6 Å². The number of thiazole rings is 1. The normalized spacial score (nSPS) is 12.1. The Morgan fingerprint density at radius 1 is 1.00 bits per heavy atom. The first-order chi connectivity index (χ1) is 14.1. The van der Waals surface area contributed by atoms with Gasteiger partial charge in [0.25, 0.3) is 5.56 Å². The predicted octanol–water partition coefficient (Wildman–Crippen LogP) is 4.70. The van der Waals surface area contributed by atoms with E-state index < -0.39 is 0 Å². The van der Waals surface area contributed by atoms with Gasteiger partial charge in [-0.2, -0.15) is 9.50 Å². The van der Waals surface area contributed by atoms with E-state index in [4.69, 9.17) is 4.42 Å². The van der Waals surface area contributed by atoms with Gasteiger partial charge >= 0.3 is 0 Å². The van der Waals surface area contributed by atoms with Crippen molar-refractivity contribution in [3.05, 3.63) is 91.3 Å². The first kappa shape index (κ1) is 18.0. The molecule has 0 saturated heterocycles. The summed E-state index contributed by atoms with van der Waals surface area (Å²) in [5.41, 5.74) is 2.83. The molecule has 142 valence electrons. The Labute approximate surface area is 178 Å². The van der Waals surface area contributed by atoms with E-state index in [1.807, 2.05) is 67.6 Å². The van der Waals surface area contributed by atoms with Crippen LogP contribution in [-0.4, -0.2) is 14.6 Å². The van der Waals surface area contributed by atoms with Gasteiger partial charge in [-0.05, 0) is 31.2 Å². The lowest BCUT2D eigenvalue weighted by Gasteiger charge is -1.96. The van der Waals surface area contributed by atoms with Gasteiger partial charge in [0.05, 0.1) is 0 Å². The highest BCUT2D eigenvalue weighted by molar-refractivity contribution is 9.10. The third kappa shape index (κ3) is 3.43. The molecule has 0 atom stereocenters. The number of rotatable bonds is 3. The van der Waals surface area contributed by atoms with Gasteiger partial charge in [0, 0.05) is 21.7 Å². The molecule has 0 fully saturated rings. The molecule has 5 aromatic rings. The molecule has 5 nitrogen and oxygen atoms in total. The highest BCUT2D eigenvalue weighted by Crippen LogP contribution is 2.24. The maximum atomic E-state index is 12.7. The lowest BCUT2D eigenvalue weighted by Crippen LogP contribution is -2.23. The number of aryl methyl sites for hydroxylation is 1. The van der Waals surface area contributed by atoms with Crippen molar-refractivity contribution in [2.45, 2.75) is 6.92 Å². The number of halogens is 1. The lowest BCUT2D eigenvalue weighted by atomic mass is 10.1. The molecule has 0 saturated carbocycles. The van der Waals surface area contributed by atoms with Gasteiger partial charge in [-0.1, -0.05) is 69.2 Å². The first-order valence-corrected chi connectivity index (χ1v) is 10.5. The van der Waals surface area contributed by atoms with Crippen molar-refractivity contribution in [1.29, 1.82) is 0 Å². The van der Waals surface area contributed by atoms with Gasteiger partial charge in [-0.25, -0.2) is 0 Å². The van der Waals surface area contributed by atoms with Crippen LogP contribution >= 0.6 is 27.3 Å². The topological polar surface area (TPSA) is 60.4 Å². The zero-order chi connectivity index (χ0) is 20.0. The van der Waals surface area contributed by atoms with Crippen LogP contribution in [0, 0.1) is 6.92 Å². The predicted molar refractivity (Wildman–Crippen MR) is 118 cm³/mol. The summed E-state index contributed by atoms with van der Waals surface area (Å²) in [6.07, 6.45) is 1.73. The maximum Gasteiger partial charge on any atom is 0.291 e. The second kappa shape index (κ2) is 7.09.